The number of aliphatic hydroxyl groups excluding tert-OH is 1. The van der Waals surface area contributed by atoms with Crippen LogP contribution in [0.4, 0.5) is 4.39 Å². The van der Waals surface area contributed by atoms with Crippen molar-refractivity contribution in [3.63, 3.8) is 0 Å². The second-order valence-corrected chi connectivity index (χ2v) is 4.05. The molecule has 0 radical (unpaired) electrons. The standard InChI is InChI=1S/C12H12ClFN2O/c13-10-8-9(2-3-11(10)14)12-4-5-15-16(12)6-1-7-17/h2-5,8,17H,1,6-7H2. The quantitative estimate of drug-likeness (QED) is 0.911. The highest BCUT2D eigenvalue weighted by Gasteiger charge is 2.07. The smallest absolute Gasteiger partial charge is 0.141 e. The molecule has 0 saturated heterocycles. The Labute approximate surface area is 103 Å². The summed E-state index contributed by atoms with van der Waals surface area (Å²) in [5, 5.41) is 13.0. The molecule has 0 spiro atoms. The molecule has 90 valence electrons. The molecule has 1 aromatic heterocycles. The van der Waals surface area contributed by atoms with Gasteiger partial charge in [-0.3, -0.25) is 4.68 Å². The average Bonchev–Trinajstić information content (AvgIpc) is 2.78. The monoisotopic (exact) mass is 254 g/mol. The van der Waals surface area contributed by atoms with Crippen LogP contribution in [-0.2, 0) is 6.54 Å². The van der Waals surface area contributed by atoms with Gasteiger partial charge in [0, 0.05) is 24.9 Å². The highest BCUT2D eigenvalue weighted by atomic mass is 35.5. The molecule has 1 N–H and O–H groups in total. The van der Waals surface area contributed by atoms with Gasteiger partial charge in [-0.25, -0.2) is 4.39 Å². The van der Waals surface area contributed by atoms with Gasteiger partial charge in [0.25, 0.3) is 0 Å². The molecule has 0 fully saturated rings. The normalized spacial score (nSPS) is 10.8. The molecule has 0 aliphatic carbocycles. The Morgan fingerprint density at radius 3 is 2.88 bits per heavy atom. The molecule has 5 heteroatoms. The van der Waals surface area contributed by atoms with E-state index in [0.29, 0.717) is 13.0 Å². The minimum Gasteiger partial charge on any atom is -0.396 e. The van der Waals surface area contributed by atoms with Gasteiger partial charge in [-0.1, -0.05) is 11.6 Å². The van der Waals surface area contributed by atoms with E-state index in [-0.39, 0.29) is 11.6 Å². The van der Waals surface area contributed by atoms with Crippen LogP contribution in [0.5, 0.6) is 0 Å². The zero-order valence-corrected chi connectivity index (χ0v) is 9.86. The van der Waals surface area contributed by atoms with Gasteiger partial charge in [0.1, 0.15) is 5.82 Å². The summed E-state index contributed by atoms with van der Waals surface area (Å²) in [6, 6.07) is 6.40. The van der Waals surface area contributed by atoms with E-state index >= 15 is 0 Å². The van der Waals surface area contributed by atoms with Crippen LogP contribution in [0.1, 0.15) is 6.42 Å². The second kappa shape index (κ2) is 5.29. The number of nitrogens with zero attached hydrogens (tertiary/aromatic N) is 2. The number of aryl methyl sites for hydroxylation is 1. The number of hydrogen-bond acceptors (Lipinski definition) is 2. The van der Waals surface area contributed by atoms with Gasteiger partial charge in [-0.2, -0.15) is 5.10 Å². The minimum absolute atomic E-state index is 0.0948. The van der Waals surface area contributed by atoms with Crippen LogP contribution in [-0.4, -0.2) is 21.5 Å². The molecule has 17 heavy (non-hydrogen) atoms. The SMILES string of the molecule is OCCCn1nccc1-c1ccc(F)c(Cl)c1. The van der Waals surface area contributed by atoms with Crippen molar-refractivity contribution in [1.29, 1.82) is 0 Å². The first-order chi connectivity index (χ1) is 8.22. The third-order valence-electron chi connectivity index (χ3n) is 2.46. The van der Waals surface area contributed by atoms with Crippen molar-refractivity contribution >= 4 is 11.6 Å². The van der Waals surface area contributed by atoms with E-state index in [1.807, 2.05) is 6.07 Å². The molecule has 1 heterocycles. The lowest BCUT2D eigenvalue weighted by atomic mass is 10.1. The van der Waals surface area contributed by atoms with Crippen LogP contribution in [0.25, 0.3) is 11.3 Å². The number of halogens is 2. The molecule has 1 aromatic carbocycles. The number of hydrogen-bond donors (Lipinski definition) is 1. The predicted octanol–water partition coefficient (Wildman–Crippen LogP) is 2.73. The van der Waals surface area contributed by atoms with Gasteiger partial charge >= 0.3 is 0 Å². The maximum absolute atomic E-state index is 13.1. The van der Waals surface area contributed by atoms with Gasteiger partial charge in [-0.05, 0) is 30.7 Å². The Hall–Kier alpha value is -1.39. The maximum Gasteiger partial charge on any atom is 0.141 e. The van der Waals surface area contributed by atoms with Crippen molar-refractivity contribution in [1.82, 2.24) is 9.78 Å². The van der Waals surface area contributed by atoms with E-state index in [9.17, 15) is 4.39 Å². The van der Waals surface area contributed by atoms with Crippen LogP contribution in [0.15, 0.2) is 30.5 Å². The fourth-order valence-electron chi connectivity index (χ4n) is 1.63. The number of rotatable bonds is 4. The summed E-state index contributed by atoms with van der Waals surface area (Å²) in [6.07, 6.45) is 2.30. The van der Waals surface area contributed by atoms with Crippen molar-refractivity contribution in [3.8, 4) is 11.3 Å². The van der Waals surface area contributed by atoms with E-state index in [1.54, 1.807) is 23.0 Å². The predicted molar refractivity (Wildman–Crippen MR) is 64.3 cm³/mol. The highest BCUT2D eigenvalue weighted by Crippen LogP contribution is 2.24. The molecule has 0 bridgehead atoms. The molecule has 2 rings (SSSR count). The second-order valence-electron chi connectivity index (χ2n) is 3.65. The molecule has 0 amide bonds. The van der Waals surface area contributed by atoms with Crippen molar-refractivity contribution in [2.24, 2.45) is 0 Å². The molecule has 0 atom stereocenters. The zero-order chi connectivity index (χ0) is 12.3. The summed E-state index contributed by atoms with van der Waals surface area (Å²) >= 11 is 5.74. The summed E-state index contributed by atoms with van der Waals surface area (Å²) < 4.78 is 14.8. The Morgan fingerprint density at radius 1 is 1.35 bits per heavy atom. The summed E-state index contributed by atoms with van der Waals surface area (Å²) in [7, 11) is 0. The summed E-state index contributed by atoms with van der Waals surface area (Å²) in [4.78, 5) is 0. The third kappa shape index (κ3) is 2.65. The molecular formula is C12H12ClFN2O. The molecular weight excluding hydrogens is 243 g/mol. The fourth-order valence-corrected chi connectivity index (χ4v) is 1.81. The minimum atomic E-state index is -0.433. The Morgan fingerprint density at radius 2 is 2.18 bits per heavy atom. The van der Waals surface area contributed by atoms with Crippen LogP contribution in [0.2, 0.25) is 5.02 Å². The van der Waals surface area contributed by atoms with Crippen molar-refractivity contribution in [2.75, 3.05) is 6.61 Å². The van der Waals surface area contributed by atoms with E-state index in [0.717, 1.165) is 11.3 Å². The maximum atomic E-state index is 13.1. The van der Waals surface area contributed by atoms with Gasteiger partial charge in [0.2, 0.25) is 0 Å². The van der Waals surface area contributed by atoms with Crippen LogP contribution in [0.3, 0.4) is 0 Å². The molecule has 0 unspecified atom stereocenters. The molecule has 0 aliphatic rings. The summed E-state index contributed by atoms with van der Waals surface area (Å²) in [5.41, 5.74) is 1.67. The first-order valence-corrected chi connectivity index (χ1v) is 5.68. The number of benzene rings is 1. The van der Waals surface area contributed by atoms with E-state index in [1.165, 1.54) is 6.07 Å². The van der Waals surface area contributed by atoms with Gasteiger partial charge in [0.15, 0.2) is 0 Å². The van der Waals surface area contributed by atoms with E-state index < -0.39 is 5.82 Å². The average molecular weight is 255 g/mol. The third-order valence-corrected chi connectivity index (χ3v) is 2.75. The van der Waals surface area contributed by atoms with Gasteiger partial charge in [0.05, 0.1) is 10.7 Å². The molecule has 2 aromatic rings. The first kappa shape index (κ1) is 12.1. The van der Waals surface area contributed by atoms with Crippen LogP contribution in [0, 0.1) is 5.82 Å². The Bertz CT molecular complexity index is 513. The number of aliphatic hydroxyl groups is 1. The van der Waals surface area contributed by atoms with E-state index in [2.05, 4.69) is 5.10 Å². The van der Waals surface area contributed by atoms with Crippen molar-refractivity contribution < 1.29 is 9.50 Å². The summed E-state index contributed by atoms with van der Waals surface area (Å²) in [5.74, 6) is -0.433. The van der Waals surface area contributed by atoms with E-state index in [4.69, 9.17) is 16.7 Å². The lowest BCUT2D eigenvalue weighted by Gasteiger charge is -2.07. The lowest BCUT2D eigenvalue weighted by molar-refractivity contribution is 0.277. The Balaban J connectivity index is 2.32. The Kier molecular flexibility index (Phi) is 3.76. The zero-order valence-electron chi connectivity index (χ0n) is 9.11. The topological polar surface area (TPSA) is 38.0 Å². The highest BCUT2D eigenvalue weighted by molar-refractivity contribution is 6.31. The fraction of sp³-hybridized carbons (Fsp3) is 0.250. The lowest BCUT2D eigenvalue weighted by Crippen LogP contribution is -2.03. The van der Waals surface area contributed by atoms with Crippen LogP contribution >= 0.6 is 11.6 Å². The largest absolute Gasteiger partial charge is 0.396 e. The van der Waals surface area contributed by atoms with Gasteiger partial charge in [-0.15, -0.1) is 0 Å². The van der Waals surface area contributed by atoms with Gasteiger partial charge < -0.3 is 5.11 Å². The number of aromatic nitrogens is 2. The first-order valence-electron chi connectivity index (χ1n) is 5.30. The molecule has 3 nitrogen and oxygen atoms in total. The van der Waals surface area contributed by atoms with Crippen molar-refractivity contribution in [3.05, 3.63) is 41.3 Å². The molecule has 0 aliphatic heterocycles. The van der Waals surface area contributed by atoms with Crippen molar-refractivity contribution in [2.45, 2.75) is 13.0 Å². The summed E-state index contributed by atoms with van der Waals surface area (Å²) in [6.45, 7) is 0.733. The van der Waals surface area contributed by atoms with Crippen LogP contribution < -0.4 is 0 Å². The molecule has 0 saturated carbocycles.